The molecule has 7 heteroatoms. The number of rotatable bonds is 14. The van der Waals surface area contributed by atoms with Crippen molar-refractivity contribution in [3.8, 4) is 0 Å². The van der Waals surface area contributed by atoms with Crippen LogP contribution in [-0.2, 0) is 0 Å². The van der Waals surface area contributed by atoms with Gasteiger partial charge >= 0.3 is 0 Å². The van der Waals surface area contributed by atoms with Crippen molar-refractivity contribution in [3.63, 3.8) is 0 Å². The van der Waals surface area contributed by atoms with Crippen LogP contribution in [0.5, 0.6) is 0 Å². The summed E-state index contributed by atoms with van der Waals surface area (Å²) in [6, 6.07) is 17.4. The second-order valence-corrected chi connectivity index (χ2v) is 11.4. The molecule has 2 rings (SSSR count). The van der Waals surface area contributed by atoms with Gasteiger partial charge in [-0.25, -0.2) is 0 Å². The lowest BCUT2D eigenvalue weighted by molar-refractivity contribution is 0.322. The highest BCUT2D eigenvalue weighted by molar-refractivity contribution is 8.03. The van der Waals surface area contributed by atoms with Crippen LogP contribution in [0, 0.1) is 0 Å². The van der Waals surface area contributed by atoms with Crippen LogP contribution in [0.4, 0.5) is 0 Å². The van der Waals surface area contributed by atoms with Gasteiger partial charge in [-0.3, -0.25) is 0 Å². The highest BCUT2D eigenvalue weighted by Crippen LogP contribution is 2.33. The zero-order valence-electron chi connectivity index (χ0n) is 15.2. The molecular formula is C20H26O2S5. The van der Waals surface area contributed by atoms with Gasteiger partial charge in [-0.2, -0.15) is 23.5 Å². The van der Waals surface area contributed by atoms with Crippen molar-refractivity contribution in [3.05, 3.63) is 48.5 Å². The molecule has 27 heavy (non-hydrogen) atoms. The van der Waals surface area contributed by atoms with Crippen molar-refractivity contribution in [2.24, 2.45) is 0 Å². The molecule has 2 aromatic rings. The molecule has 0 atom stereocenters. The van der Waals surface area contributed by atoms with Crippen LogP contribution >= 0.6 is 58.8 Å². The zero-order valence-corrected chi connectivity index (χ0v) is 19.3. The molecule has 0 aliphatic carbocycles. The Morgan fingerprint density at radius 1 is 0.556 bits per heavy atom. The molecule has 2 aromatic carbocycles. The lowest BCUT2D eigenvalue weighted by Crippen LogP contribution is -1.90. The fourth-order valence-corrected chi connectivity index (χ4v) is 6.77. The van der Waals surface area contributed by atoms with Gasteiger partial charge in [0.25, 0.3) is 0 Å². The van der Waals surface area contributed by atoms with E-state index in [1.165, 1.54) is 19.6 Å². The molecule has 0 aromatic heterocycles. The van der Waals surface area contributed by atoms with Gasteiger partial charge in [0, 0.05) is 54.1 Å². The van der Waals surface area contributed by atoms with E-state index in [9.17, 15) is 0 Å². The summed E-state index contributed by atoms with van der Waals surface area (Å²) in [6.07, 6.45) is 0. The molecule has 2 nitrogen and oxygen atoms in total. The first-order valence-corrected chi connectivity index (χ1v) is 13.9. The van der Waals surface area contributed by atoms with Gasteiger partial charge < -0.3 is 10.2 Å². The van der Waals surface area contributed by atoms with Crippen molar-refractivity contribution in [1.82, 2.24) is 0 Å². The van der Waals surface area contributed by atoms with Crippen LogP contribution in [0.1, 0.15) is 0 Å². The van der Waals surface area contributed by atoms with Crippen LogP contribution < -0.4 is 0 Å². The number of hydrogen-bond acceptors (Lipinski definition) is 7. The smallest absolute Gasteiger partial charge is 0.0521 e. The van der Waals surface area contributed by atoms with Crippen molar-refractivity contribution in [2.45, 2.75) is 19.6 Å². The van der Waals surface area contributed by atoms with Crippen molar-refractivity contribution < 1.29 is 10.2 Å². The molecule has 0 aliphatic heterocycles. The lowest BCUT2D eigenvalue weighted by atomic mass is 10.4. The van der Waals surface area contributed by atoms with Gasteiger partial charge in [-0.05, 0) is 36.4 Å². The van der Waals surface area contributed by atoms with Gasteiger partial charge in [0.05, 0.1) is 13.2 Å². The van der Waals surface area contributed by atoms with Crippen LogP contribution in [0.25, 0.3) is 0 Å². The molecule has 0 saturated carbocycles. The SMILES string of the molecule is OCCSCCSc1cccc(Sc2cccc(SCCSCCO)c2)c1. The topological polar surface area (TPSA) is 40.5 Å². The van der Waals surface area contributed by atoms with Crippen molar-refractivity contribution in [1.29, 1.82) is 0 Å². The molecule has 0 unspecified atom stereocenters. The molecule has 0 spiro atoms. The predicted molar refractivity (Wildman–Crippen MR) is 127 cm³/mol. The van der Waals surface area contributed by atoms with Gasteiger partial charge in [-0.15, -0.1) is 23.5 Å². The number of thioether (sulfide) groups is 4. The molecule has 0 radical (unpaired) electrons. The maximum absolute atomic E-state index is 8.82. The summed E-state index contributed by atoms with van der Waals surface area (Å²) in [5.41, 5.74) is 0. The van der Waals surface area contributed by atoms with Gasteiger partial charge in [0.1, 0.15) is 0 Å². The highest BCUT2D eigenvalue weighted by Gasteiger charge is 2.02. The maximum Gasteiger partial charge on any atom is 0.0521 e. The first-order valence-electron chi connectivity index (χ1n) is 8.82. The summed E-state index contributed by atoms with van der Waals surface area (Å²) in [5, 5.41) is 17.6. The summed E-state index contributed by atoms with van der Waals surface area (Å²) >= 11 is 9.16. The van der Waals surface area contributed by atoms with E-state index < -0.39 is 0 Å². The zero-order chi connectivity index (χ0) is 19.2. The van der Waals surface area contributed by atoms with E-state index in [0.717, 1.165) is 34.5 Å². The molecular weight excluding hydrogens is 433 g/mol. The Balaban J connectivity index is 1.82. The monoisotopic (exact) mass is 458 g/mol. The number of aliphatic hydroxyl groups excluding tert-OH is 2. The number of benzene rings is 2. The fourth-order valence-electron chi connectivity index (χ4n) is 2.16. The summed E-state index contributed by atoms with van der Waals surface area (Å²) in [7, 11) is 0. The molecule has 0 aliphatic rings. The molecule has 0 heterocycles. The minimum atomic E-state index is 0.264. The van der Waals surface area contributed by atoms with Crippen molar-refractivity contribution >= 4 is 58.8 Å². The minimum Gasteiger partial charge on any atom is -0.396 e. The van der Waals surface area contributed by atoms with Gasteiger partial charge in [-0.1, -0.05) is 23.9 Å². The first-order chi connectivity index (χ1) is 13.3. The third kappa shape index (κ3) is 10.5. The average Bonchev–Trinajstić information content (AvgIpc) is 2.68. The molecule has 0 fully saturated rings. The van der Waals surface area contributed by atoms with Crippen LogP contribution in [0.3, 0.4) is 0 Å². The first kappa shape index (κ1) is 23.4. The largest absolute Gasteiger partial charge is 0.396 e. The summed E-state index contributed by atoms with van der Waals surface area (Å²) in [5.74, 6) is 5.92. The maximum atomic E-state index is 8.82. The Hall–Kier alpha value is 0.110. The van der Waals surface area contributed by atoms with E-state index in [1.54, 1.807) is 23.5 Å². The lowest BCUT2D eigenvalue weighted by Gasteiger charge is -2.07. The normalized spacial score (nSPS) is 11.0. The summed E-state index contributed by atoms with van der Waals surface area (Å²) in [6.45, 7) is 0.528. The van der Waals surface area contributed by atoms with E-state index in [2.05, 4.69) is 48.5 Å². The Morgan fingerprint density at radius 3 is 1.44 bits per heavy atom. The van der Waals surface area contributed by atoms with E-state index in [0.29, 0.717) is 0 Å². The third-order valence-corrected chi connectivity index (χ3v) is 8.73. The van der Waals surface area contributed by atoms with Crippen LogP contribution in [-0.4, -0.2) is 57.9 Å². The second-order valence-electron chi connectivity index (χ2n) is 5.42. The van der Waals surface area contributed by atoms with Crippen molar-refractivity contribution in [2.75, 3.05) is 47.7 Å². The second kappa shape index (κ2) is 15.0. The van der Waals surface area contributed by atoms with E-state index >= 15 is 0 Å². The third-order valence-electron chi connectivity index (χ3n) is 3.31. The van der Waals surface area contributed by atoms with E-state index in [-0.39, 0.29) is 13.2 Å². The Kier molecular flexibility index (Phi) is 13.0. The van der Waals surface area contributed by atoms with Gasteiger partial charge in [0.2, 0.25) is 0 Å². The predicted octanol–water partition coefficient (Wildman–Crippen LogP) is 5.47. The summed E-state index contributed by atoms with van der Waals surface area (Å²) in [4.78, 5) is 5.14. The molecule has 0 saturated heterocycles. The van der Waals surface area contributed by atoms with E-state index in [4.69, 9.17) is 10.2 Å². The van der Waals surface area contributed by atoms with Crippen LogP contribution in [0.15, 0.2) is 68.1 Å². The Bertz CT molecular complexity index is 598. The minimum absolute atomic E-state index is 0.264. The Labute approximate surface area is 184 Å². The quantitative estimate of drug-likeness (QED) is 0.287. The van der Waals surface area contributed by atoms with Gasteiger partial charge in [0.15, 0.2) is 0 Å². The molecule has 2 N–H and O–H groups in total. The standard InChI is InChI=1S/C20H26O2S5/c21-7-9-23-11-13-25-17-3-1-5-19(15-17)27-20-6-2-4-18(16-20)26-14-12-24-10-8-22/h1-6,15-16,21-22H,7-14H2. The molecule has 0 bridgehead atoms. The van der Waals surface area contributed by atoms with E-state index in [1.807, 2.05) is 35.3 Å². The van der Waals surface area contributed by atoms with Crippen LogP contribution in [0.2, 0.25) is 0 Å². The highest BCUT2D eigenvalue weighted by atomic mass is 32.2. The number of aliphatic hydroxyl groups is 2. The molecule has 148 valence electrons. The Morgan fingerprint density at radius 2 is 1.00 bits per heavy atom. The molecule has 0 amide bonds. The fraction of sp³-hybridized carbons (Fsp3) is 0.400. The summed E-state index contributed by atoms with van der Waals surface area (Å²) < 4.78 is 0. The average molecular weight is 459 g/mol. The number of hydrogen-bond donors (Lipinski definition) is 2.